The Labute approximate surface area is 183 Å². The summed E-state index contributed by atoms with van der Waals surface area (Å²) >= 11 is 0. The summed E-state index contributed by atoms with van der Waals surface area (Å²) < 4.78 is 0. The molecule has 4 rings (SSSR count). The number of carboxylic acids is 1. The average molecular weight is 414 g/mol. The van der Waals surface area contributed by atoms with Crippen molar-refractivity contribution in [3.05, 3.63) is 34.9 Å². The Morgan fingerprint density at radius 1 is 1.10 bits per heavy atom. The summed E-state index contributed by atoms with van der Waals surface area (Å²) in [7, 11) is 0. The maximum Gasteiger partial charge on any atom is 0.306 e. The van der Waals surface area contributed by atoms with Crippen molar-refractivity contribution in [1.82, 2.24) is 0 Å². The fraction of sp³-hybridized carbons (Fsp3) is 0.741. The number of aliphatic carboxylic acids is 1. The summed E-state index contributed by atoms with van der Waals surface area (Å²) in [5, 5.41) is 8.54. The van der Waals surface area contributed by atoms with E-state index in [1.54, 1.807) is 11.1 Å². The lowest BCUT2D eigenvalue weighted by atomic mass is 9.50. The first kappa shape index (κ1) is 23.3. The van der Waals surface area contributed by atoms with Crippen LogP contribution in [0.5, 0.6) is 0 Å². The van der Waals surface area contributed by atoms with Crippen LogP contribution in [0.2, 0.25) is 0 Å². The molecule has 3 nitrogen and oxygen atoms in total. The van der Waals surface area contributed by atoms with Gasteiger partial charge in [0.05, 0.1) is 5.92 Å². The zero-order valence-corrected chi connectivity index (χ0v) is 19.7. The molecule has 3 heteroatoms. The van der Waals surface area contributed by atoms with Gasteiger partial charge in [0.1, 0.15) is 0 Å². The first-order chi connectivity index (χ1) is 14.2. The number of hydrogen-bond donors (Lipinski definition) is 2. The van der Waals surface area contributed by atoms with Crippen molar-refractivity contribution < 1.29 is 9.90 Å². The van der Waals surface area contributed by atoms with Gasteiger partial charge in [-0.05, 0) is 84.4 Å². The molecule has 0 aromatic heterocycles. The third-order valence-corrected chi connectivity index (χ3v) is 8.59. The Morgan fingerprint density at radius 3 is 2.37 bits per heavy atom. The molecule has 0 spiro atoms. The lowest BCUT2D eigenvalue weighted by molar-refractivity contribution is -0.142. The Balaban J connectivity index is 0.000000239. The van der Waals surface area contributed by atoms with E-state index in [-0.39, 0.29) is 5.92 Å². The molecule has 0 heterocycles. The Bertz CT molecular complexity index is 736. The molecule has 3 N–H and O–H groups in total. The maximum absolute atomic E-state index is 10.4. The Morgan fingerprint density at radius 2 is 1.80 bits per heavy atom. The molecule has 3 aliphatic rings. The van der Waals surface area contributed by atoms with Crippen molar-refractivity contribution in [2.24, 2.45) is 23.0 Å². The summed E-state index contributed by atoms with van der Waals surface area (Å²) in [6, 6.07) is 7.29. The second kappa shape index (κ2) is 9.42. The fourth-order valence-electron chi connectivity index (χ4n) is 6.60. The van der Waals surface area contributed by atoms with E-state index in [4.69, 9.17) is 10.8 Å². The van der Waals surface area contributed by atoms with Crippen LogP contribution in [0, 0.1) is 17.3 Å². The van der Waals surface area contributed by atoms with E-state index in [9.17, 15) is 4.79 Å². The molecule has 0 bridgehead atoms. The maximum atomic E-state index is 10.4. The number of rotatable bonds is 3. The smallest absolute Gasteiger partial charge is 0.306 e. The SMILES string of the molecule is CC(C)c1ccc2c(c1)CCC1C(C)(CN)CCCC21C.O=C(O)C1CCCCC1. The molecular formula is C27H43NO2. The Kier molecular flexibility index (Phi) is 7.32. The third kappa shape index (κ3) is 4.61. The second-order valence-corrected chi connectivity index (χ2v) is 11.0. The number of aryl methyl sites for hydroxylation is 1. The highest BCUT2D eigenvalue weighted by atomic mass is 16.4. The van der Waals surface area contributed by atoms with Gasteiger partial charge in [-0.3, -0.25) is 4.79 Å². The van der Waals surface area contributed by atoms with E-state index in [1.165, 1.54) is 44.1 Å². The fourth-order valence-corrected chi connectivity index (χ4v) is 6.60. The average Bonchev–Trinajstić information content (AvgIpc) is 2.74. The molecule has 3 atom stereocenters. The van der Waals surface area contributed by atoms with E-state index in [0.29, 0.717) is 16.7 Å². The van der Waals surface area contributed by atoms with Gasteiger partial charge in [-0.1, -0.05) is 71.6 Å². The molecule has 1 aromatic rings. The topological polar surface area (TPSA) is 63.3 Å². The lowest BCUT2D eigenvalue weighted by Crippen LogP contribution is -2.51. The molecule has 0 aliphatic heterocycles. The van der Waals surface area contributed by atoms with Crippen molar-refractivity contribution in [3.8, 4) is 0 Å². The van der Waals surface area contributed by atoms with Crippen LogP contribution in [0.1, 0.15) is 108 Å². The number of fused-ring (bicyclic) bond motifs is 3. The van der Waals surface area contributed by atoms with Crippen molar-refractivity contribution in [2.45, 2.75) is 103 Å². The highest BCUT2D eigenvalue weighted by Gasteiger charge is 2.50. The number of carboxylic acid groups (broad SMARTS) is 1. The second-order valence-electron chi connectivity index (χ2n) is 11.0. The van der Waals surface area contributed by atoms with E-state index in [0.717, 1.165) is 38.1 Å². The summed E-state index contributed by atoms with van der Waals surface area (Å²) in [5.74, 6) is 0.746. The van der Waals surface area contributed by atoms with Gasteiger partial charge in [0, 0.05) is 0 Å². The zero-order chi connectivity index (χ0) is 21.9. The standard InChI is InChI=1S/C20H31N.C7H12O2/c1-14(2)15-6-8-17-16(12-15)7-9-18-19(3,13-21)10-5-11-20(17,18)4;8-7(9)6-4-2-1-3-5-6/h6,8,12,14,18H,5,7,9-11,13,21H2,1-4H3;6H,1-5H2,(H,8,9). The van der Waals surface area contributed by atoms with Gasteiger partial charge in [0.25, 0.3) is 0 Å². The molecule has 3 aliphatic carbocycles. The first-order valence-electron chi connectivity index (χ1n) is 12.3. The minimum atomic E-state index is -0.602. The molecule has 2 fully saturated rings. The van der Waals surface area contributed by atoms with Gasteiger partial charge in [-0.25, -0.2) is 0 Å². The molecule has 0 amide bonds. The van der Waals surface area contributed by atoms with E-state index in [1.807, 2.05) is 0 Å². The van der Waals surface area contributed by atoms with Crippen LogP contribution in [0.4, 0.5) is 0 Å². The van der Waals surface area contributed by atoms with Gasteiger partial charge in [-0.2, -0.15) is 0 Å². The van der Waals surface area contributed by atoms with Crippen molar-refractivity contribution in [2.75, 3.05) is 6.54 Å². The minimum absolute atomic E-state index is 0.0289. The lowest BCUT2D eigenvalue weighted by Gasteiger charge is -2.55. The molecule has 168 valence electrons. The normalized spacial score (nSPS) is 31.3. The summed E-state index contributed by atoms with van der Waals surface area (Å²) in [4.78, 5) is 10.4. The third-order valence-electron chi connectivity index (χ3n) is 8.59. The van der Waals surface area contributed by atoms with Crippen LogP contribution < -0.4 is 5.73 Å². The minimum Gasteiger partial charge on any atom is -0.481 e. The molecule has 30 heavy (non-hydrogen) atoms. The zero-order valence-electron chi connectivity index (χ0n) is 19.7. The van der Waals surface area contributed by atoms with Gasteiger partial charge in [-0.15, -0.1) is 0 Å². The highest BCUT2D eigenvalue weighted by molar-refractivity contribution is 5.69. The monoisotopic (exact) mass is 413 g/mol. The van der Waals surface area contributed by atoms with Gasteiger partial charge < -0.3 is 10.8 Å². The highest BCUT2D eigenvalue weighted by Crippen LogP contribution is 2.56. The van der Waals surface area contributed by atoms with Crippen molar-refractivity contribution >= 4 is 5.97 Å². The Hall–Kier alpha value is -1.35. The van der Waals surface area contributed by atoms with Gasteiger partial charge >= 0.3 is 5.97 Å². The number of hydrogen-bond acceptors (Lipinski definition) is 2. The van der Waals surface area contributed by atoms with Crippen LogP contribution in [-0.4, -0.2) is 17.6 Å². The molecule has 2 saturated carbocycles. The summed E-state index contributed by atoms with van der Waals surface area (Å²) in [6.07, 6.45) is 11.8. The van der Waals surface area contributed by atoms with Crippen LogP contribution >= 0.6 is 0 Å². The summed E-state index contributed by atoms with van der Waals surface area (Å²) in [5.41, 5.74) is 11.6. The van der Waals surface area contributed by atoms with E-state index in [2.05, 4.69) is 45.9 Å². The van der Waals surface area contributed by atoms with Crippen LogP contribution in [0.3, 0.4) is 0 Å². The first-order valence-corrected chi connectivity index (χ1v) is 12.3. The van der Waals surface area contributed by atoms with E-state index >= 15 is 0 Å². The van der Waals surface area contributed by atoms with Crippen molar-refractivity contribution in [3.63, 3.8) is 0 Å². The molecule has 0 saturated heterocycles. The molecule has 1 aromatic carbocycles. The van der Waals surface area contributed by atoms with Gasteiger partial charge in [0.15, 0.2) is 0 Å². The quantitative estimate of drug-likeness (QED) is 0.600. The predicted molar refractivity (Wildman–Crippen MR) is 125 cm³/mol. The van der Waals surface area contributed by atoms with Crippen molar-refractivity contribution in [1.29, 1.82) is 0 Å². The predicted octanol–water partition coefficient (Wildman–Crippen LogP) is 6.43. The number of nitrogens with two attached hydrogens (primary N) is 1. The molecule has 0 radical (unpaired) electrons. The molecule has 3 unspecified atom stereocenters. The van der Waals surface area contributed by atoms with E-state index < -0.39 is 5.97 Å². The van der Waals surface area contributed by atoms with Crippen LogP contribution in [0.25, 0.3) is 0 Å². The number of carbonyl (C=O) groups is 1. The van der Waals surface area contributed by atoms with Crippen LogP contribution in [0.15, 0.2) is 18.2 Å². The van der Waals surface area contributed by atoms with Crippen LogP contribution in [-0.2, 0) is 16.6 Å². The molecular weight excluding hydrogens is 370 g/mol. The number of benzene rings is 1. The largest absolute Gasteiger partial charge is 0.481 e. The van der Waals surface area contributed by atoms with Gasteiger partial charge in [0.2, 0.25) is 0 Å². The summed E-state index contributed by atoms with van der Waals surface area (Å²) in [6.45, 7) is 10.4.